The van der Waals surface area contributed by atoms with Gasteiger partial charge in [-0.15, -0.1) is 0 Å². The predicted molar refractivity (Wildman–Crippen MR) is 117 cm³/mol. The van der Waals surface area contributed by atoms with E-state index < -0.39 is 0 Å². The molecular formula is C24H35NO2S. The Morgan fingerprint density at radius 1 is 1.07 bits per heavy atom. The number of rotatable bonds is 7. The minimum atomic E-state index is -0.227. The van der Waals surface area contributed by atoms with Crippen LogP contribution in [0, 0.1) is 17.3 Å². The van der Waals surface area contributed by atoms with Crippen LogP contribution in [0.2, 0.25) is 0 Å². The van der Waals surface area contributed by atoms with Crippen molar-refractivity contribution in [3.05, 3.63) is 24.3 Å². The summed E-state index contributed by atoms with van der Waals surface area (Å²) in [6.07, 6.45) is 11.9. The molecule has 0 heterocycles. The number of anilines is 1. The second-order valence-electron chi connectivity index (χ2n) is 9.13. The molecule has 0 aliphatic heterocycles. The highest BCUT2D eigenvalue weighted by Crippen LogP contribution is 2.44. The molecule has 0 saturated heterocycles. The average Bonchev–Trinajstić information content (AvgIpc) is 3.19. The minimum Gasteiger partial charge on any atom is -0.325 e. The van der Waals surface area contributed by atoms with E-state index in [9.17, 15) is 9.59 Å². The van der Waals surface area contributed by atoms with Crippen LogP contribution in [0.3, 0.4) is 0 Å². The molecule has 3 rings (SSSR count). The third kappa shape index (κ3) is 5.40. The maximum Gasteiger partial charge on any atom is 0.230 e. The molecule has 154 valence electrons. The van der Waals surface area contributed by atoms with Crippen LogP contribution in [0.5, 0.6) is 0 Å². The van der Waals surface area contributed by atoms with Crippen LogP contribution in [0.1, 0.15) is 84.5 Å². The van der Waals surface area contributed by atoms with E-state index in [1.807, 2.05) is 24.3 Å². The molecule has 2 aliphatic carbocycles. The largest absolute Gasteiger partial charge is 0.325 e. The smallest absolute Gasteiger partial charge is 0.230 e. The number of carbonyl (C=O) groups is 2. The maximum absolute atomic E-state index is 13.3. The third-order valence-corrected chi connectivity index (χ3v) is 7.64. The SMILES string of the molecule is CC(C)CCC1(C(=O)Nc2ccccc2SC(=O)C2CCCCC2)CCCC1. The van der Waals surface area contributed by atoms with Gasteiger partial charge in [0.05, 0.1) is 5.69 Å². The molecule has 0 atom stereocenters. The van der Waals surface area contributed by atoms with Gasteiger partial charge in [-0.3, -0.25) is 9.59 Å². The fourth-order valence-corrected chi connectivity index (χ4v) is 5.65. The Bertz CT molecular complexity index is 673. The number of benzene rings is 1. The van der Waals surface area contributed by atoms with Crippen LogP contribution in [0.4, 0.5) is 5.69 Å². The molecule has 0 unspecified atom stereocenters. The van der Waals surface area contributed by atoms with Gasteiger partial charge in [0.2, 0.25) is 5.91 Å². The van der Waals surface area contributed by atoms with Crippen molar-refractivity contribution in [2.75, 3.05) is 5.32 Å². The summed E-state index contributed by atoms with van der Waals surface area (Å²) < 4.78 is 0. The van der Waals surface area contributed by atoms with Crippen molar-refractivity contribution in [2.24, 2.45) is 17.3 Å². The Hall–Kier alpha value is -1.29. The second-order valence-corrected chi connectivity index (χ2v) is 10.2. The van der Waals surface area contributed by atoms with Crippen molar-refractivity contribution >= 4 is 28.5 Å². The third-order valence-electron chi connectivity index (χ3n) is 6.53. The van der Waals surface area contributed by atoms with Gasteiger partial charge < -0.3 is 5.32 Å². The number of carbonyl (C=O) groups excluding carboxylic acids is 2. The summed E-state index contributed by atoms with van der Waals surface area (Å²) in [6, 6.07) is 7.81. The Morgan fingerprint density at radius 2 is 1.75 bits per heavy atom. The van der Waals surface area contributed by atoms with E-state index >= 15 is 0 Å². The van der Waals surface area contributed by atoms with E-state index in [4.69, 9.17) is 0 Å². The van der Waals surface area contributed by atoms with Crippen LogP contribution < -0.4 is 5.32 Å². The molecule has 2 fully saturated rings. The topological polar surface area (TPSA) is 46.2 Å². The molecule has 2 saturated carbocycles. The summed E-state index contributed by atoms with van der Waals surface area (Å²) in [7, 11) is 0. The van der Waals surface area contributed by atoms with Gasteiger partial charge in [-0.05, 0) is 68.3 Å². The van der Waals surface area contributed by atoms with E-state index in [-0.39, 0.29) is 22.4 Å². The Balaban J connectivity index is 1.69. The first-order chi connectivity index (χ1) is 13.5. The molecule has 4 heteroatoms. The van der Waals surface area contributed by atoms with E-state index in [1.165, 1.54) is 18.2 Å². The van der Waals surface area contributed by atoms with Gasteiger partial charge in [0.15, 0.2) is 5.12 Å². The van der Waals surface area contributed by atoms with E-state index in [0.29, 0.717) is 5.92 Å². The van der Waals surface area contributed by atoms with Crippen molar-refractivity contribution < 1.29 is 9.59 Å². The molecule has 1 amide bonds. The van der Waals surface area contributed by atoms with Crippen molar-refractivity contribution in [2.45, 2.75) is 89.4 Å². The zero-order chi connectivity index (χ0) is 20.0. The van der Waals surface area contributed by atoms with Gasteiger partial charge in [0.1, 0.15) is 0 Å². The first-order valence-corrected chi connectivity index (χ1v) is 11.9. The van der Waals surface area contributed by atoms with Gasteiger partial charge in [-0.25, -0.2) is 0 Å². The van der Waals surface area contributed by atoms with Crippen LogP contribution in [0.25, 0.3) is 0 Å². The zero-order valence-electron chi connectivity index (χ0n) is 17.5. The lowest BCUT2D eigenvalue weighted by Crippen LogP contribution is -2.34. The lowest BCUT2D eigenvalue weighted by Gasteiger charge is -2.29. The summed E-state index contributed by atoms with van der Waals surface area (Å²) in [5.74, 6) is 0.944. The summed E-state index contributed by atoms with van der Waals surface area (Å²) in [6.45, 7) is 4.45. The molecule has 1 N–H and O–H groups in total. The average molecular weight is 402 g/mol. The number of nitrogens with one attached hydrogen (secondary N) is 1. The number of hydrogen-bond acceptors (Lipinski definition) is 3. The monoisotopic (exact) mass is 401 g/mol. The van der Waals surface area contributed by atoms with Crippen molar-refractivity contribution in [3.63, 3.8) is 0 Å². The Kier molecular flexibility index (Phi) is 7.62. The van der Waals surface area contributed by atoms with Gasteiger partial charge in [-0.1, -0.05) is 58.1 Å². The normalized spacial score (nSPS) is 19.7. The first kappa shape index (κ1) is 21.4. The number of amides is 1. The molecule has 1 aromatic rings. The fourth-order valence-electron chi connectivity index (χ4n) is 4.65. The highest BCUT2D eigenvalue weighted by Gasteiger charge is 2.40. The van der Waals surface area contributed by atoms with Crippen LogP contribution in [-0.4, -0.2) is 11.0 Å². The van der Waals surface area contributed by atoms with E-state index in [2.05, 4.69) is 19.2 Å². The fraction of sp³-hybridized carbons (Fsp3) is 0.667. The van der Waals surface area contributed by atoms with Crippen molar-refractivity contribution in [3.8, 4) is 0 Å². The van der Waals surface area contributed by atoms with Gasteiger partial charge in [0.25, 0.3) is 0 Å². The standard InChI is InChI=1S/C24H35NO2S/c1-18(2)14-17-24(15-8-9-16-24)23(27)25-20-12-6-7-13-21(20)28-22(26)19-10-4-3-5-11-19/h6-7,12-13,18-19H,3-5,8-11,14-17H2,1-2H3,(H,25,27). The second kappa shape index (κ2) is 9.96. The lowest BCUT2D eigenvalue weighted by molar-refractivity contribution is -0.126. The molecule has 1 aromatic carbocycles. The number of para-hydroxylation sites is 1. The summed E-state index contributed by atoms with van der Waals surface area (Å²) >= 11 is 1.32. The van der Waals surface area contributed by atoms with E-state index in [1.54, 1.807) is 0 Å². The van der Waals surface area contributed by atoms with Crippen molar-refractivity contribution in [1.29, 1.82) is 0 Å². The number of thioether (sulfide) groups is 1. The van der Waals surface area contributed by atoms with Gasteiger partial charge >= 0.3 is 0 Å². The summed E-state index contributed by atoms with van der Waals surface area (Å²) in [5.41, 5.74) is 0.576. The molecular weight excluding hydrogens is 366 g/mol. The Morgan fingerprint density at radius 3 is 2.43 bits per heavy atom. The summed E-state index contributed by atoms with van der Waals surface area (Å²) in [5, 5.41) is 3.47. The van der Waals surface area contributed by atoms with Gasteiger partial charge in [0, 0.05) is 16.2 Å². The van der Waals surface area contributed by atoms with Gasteiger partial charge in [-0.2, -0.15) is 0 Å². The lowest BCUT2D eigenvalue weighted by atomic mass is 9.79. The highest BCUT2D eigenvalue weighted by molar-refractivity contribution is 8.13. The minimum absolute atomic E-state index is 0.156. The predicted octanol–water partition coefficient (Wildman–Crippen LogP) is 6.82. The first-order valence-electron chi connectivity index (χ1n) is 11.1. The van der Waals surface area contributed by atoms with E-state index in [0.717, 1.165) is 74.8 Å². The molecule has 28 heavy (non-hydrogen) atoms. The van der Waals surface area contributed by atoms with Crippen LogP contribution in [-0.2, 0) is 9.59 Å². The van der Waals surface area contributed by atoms with Crippen LogP contribution in [0.15, 0.2) is 29.2 Å². The van der Waals surface area contributed by atoms with Crippen LogP contribution >= 0.6 is 11.8 Å². The molecule has 0 aromatic heterocycles. The molecule has 0 bridgehead atoms. The quantitative estimate of drug-likeness (QED) is 0.510. The highest BCUT2D eigenvalue weighted by atomic mass is 32.2. The van der Waals surface area contributed by atoms with Crippen molar-refractivity contribution in [1.82, 2.24) is 0 Å². The Labute approximate surface area is 174 Å². The summed E-state index contributed by atoms with van der Waals surface area (Å²) in [4.78, 5) is 26.9. The molecule has 2 aliphatic rings. The maximum atomic E-state index is 13.3. The zero-order valence-corrected chi connectivity index (χ0v) is 18.3. The molecule has 0 radical (unpaired) electrons. The number of hydrogen-bond donors (Lipinski definition) is 1. The molecule has 0 spiro atoms. The molecule has 3 nitrogen and oxygen atoms in total.